The highest BCUT2D eigenvalue weighted by atomic mass is 16.6. The van der Waals surface area contributed by atoms with E-state index in [1.807, 2.05) is 43.3 Å². The zero-order valence-corrected chi connectivity index (χ0v) is 17.7. The van der Waals surface area contributed by atoms with Crippen molar-refractivity contribution in [1.82, 2.24) is 9.80 Å². The lowest BCUT2D eigenvalue weighted by molar-refractivity contribution is -0.143. The number of anilines is 1. The van der Waals surface area contributed by atoms with Gasteiger partial charge in [0.25, 0.3) is 5.91 Å². The van der Waals surface area contributed by atoms with Crippen molar-refractivity contribution < 1.29 is 23.8 Å². The van der Waals surface area contributed by atoms with Crippen molar-refractivity contribution in [2.45, 2.75) is 19.1 Å². The van der Waals surface area contributed by atoms with E-state index >= 15 is 0 Å². The van der Waals surface area contributed by atoms with Gasteiger partial charge in [0.2, 0.25) is 12.0 Å². The van der Waals surface area contributed by atoms with Crippen molar-refractivity contribution in [2.75, 3.05) is 45.2 Å². The molecule has 2 amide bonds. The molecule has 2 heterocycles. The van der Waals surface area contributed by atoms with Gasteiger partial charge in [-0.25, -0.2) is 0 Å². The van der Waals surface area contributed by atoms with Gasteiger partial charge in [-0.05, 0) is 31.2 Å². The molecule has 0 aliphatic carbocycles. The molecule has 1 fully saturated rings. The average molecular weight is 425 g/mol. The number of nitrogens with zero attached hydrogens (tertiary/aromatic N) is 2. The fourth-order valence-corrected chi connectivity index (χ4v) is 3.83. The molecule has 0 radical (unpaired) electrons. The van der Waals surface area contributed by atoms with E-state index in [0.717, 1.165) is 0 Å². The van der Waals surface area contributed by atoms with Gasteiger partial charge in [-0.1, -0.05) is 24.3 Å². The van der Waals surface area contributed by atoms with Crippen LogP contribution in [0.2, 0.25) is 0 Å². The summed E-state index contributed by atoms with van der Waals surface area (Å²) in [5, 5.41) is 2.93. The normalized spacial score (nSPS) is 19.4. The van der Waals surface area contributed by atoms with Crippen molar-refractivity contribution in [3.63, 3.8) is 0 Å². The summed E-state index contributed by atoms with van der Waals surface area (Å²) in [6.07, 6.45) is -0.646. The number of para-hydroxylation sites is 4. The molecule has 2 aromatic rings. The third-order valence-corrected chi connectivity index (χ3v) is 5.70. The molecule has 2 aromatic carbocycles. The second-order valence-electron chi connectivity index (χ2n) is 7.59. The summed E-state index contributed by atoms with van der Waals surface area (Å²) < 4.78 is 16.8. The van der Waals surface area contributed by atoms with Crippen LogP contribution in [-0.2, 0) is 9.59 Å². The molecular weight excluding hydrogens is 398 g/mol. The minimum absolute atomic E-state index is 0.0831. The van der Waals surface area contributed by atoms with Crippen LogP contribution in [0.15, 0.2) is 48.5 Å². The second kappa shape index (κ2) is 9.26. The standard InChI is InChI=1S/C23H27N3O5/c1-16(22(27)24-17-7-3-4-8-18(17)29-2)25-11-13-26(14-12-25)23(28)21-15-30-19-9-5-6-10-20(19)31-21/h3-10,16,21H,11-15H2,1-2H3,(H,24,27)/t16-,21+/m0/s1. The van der Waals surface area contributed by atoms with Crippen LogP contribution in [0.3, 0.4) is 0 Å². The fraction of sp³-hybridized carbons (Fsp3) is 0.391. The van der Waals surface area contributed by atoms with Gasteiger partial charge in [0.15, 0.2) is 11.5 Å². The van der Waals surface area contributed by atoms with Gasteiger partial charge < -0.3 is 24.4 Å². The van der Waals surface area contributed by atoms with Crippen LogP contribution in [0.5, 0.6) is 17.2 Å². The molecule has 2 aliphatic rings. The maximum atomic E-state index is 12.9. The molecule has 164 valence electrons. The zero-order valence-electron chi connectivity index (χ0n) is 17.7. The third-order valence-electron chi connectivity index (χ3n) is 5.70. The van der Waals surface area contributed by atoms with Crippen LogP contribution in [0.1, 0.15) is 6.92 Å². The van der Waals surface area contributed by atoms with Crippen LogP contribution < -0.4 is 19.5 Å². The molecule has 2 aliphatic heterocycles. The second-order valence-corrected chi connectivity index (χ2v) is 7.59. The number of fused-ring (bicyclic) bond motifs is 1. The first-order chi connectivity index (χ1) is 15.1. The Labute approximate surface area is 181 Å². The number of methoxy groups -OCH3 is 1. The largest absolute Gasteiger partial charge is 0.495 e. The lowest BCUT2D eigenvalue weighted by Crippen LogP contribution is -2.57. The Morgan fingerprint density at radius 2 is 1.71 bits per heavy atom. The minimum atomic E-state index is -0.646. The van der Waals surface area contributed by atoms with Crippen molar-refractivity contribution in [3.8, 4) is 17.2 Å². The molecule has 0 unspecified atom stereocenters. The van der Waals surface area contributed by atoms with E-state index in [0.29, 0.717) is 49.1 Å². The number of amides is 2. The summed E-state index contributed by atoms with van der Waals surface area (Å²) in [6.45, 7) is 4.36. The van der Waals surface area contributed by atoms with Gasteiger partial charge >= 0.3 is 0 Å². The Morgan fingerprint density at radius 3 is 2.45 bits per heavy atom. The number of hydrogen-bond acceptors (Lipinski definition) is 6. The topological polar surface area (TPSA) is 80.3 Å². The Kier molecular flexibility index (Phi) is 6.27. The number of piperazine rings is 1. The molecule has 0 spiro atoms. The Morgan fingerprint density at radius 1 is 1.03 bits per heavy atom. The summed E-state index contributed by atoms with van der Waals surface area (Å²) in [6, 6.07) is 14.3. The van der Waals surface area contributed by atoms with Crippen molar-refractivity contribution in [1.29, 1.82) is 0 Å². The van der Waals surface area contributed by atoms with E-state index in [1.165, 1.54) is 0 Å². The van der Waals surface area contributed by atoms with Gasteiger partial charge in [0, 0.05) is 26.2 Å². The van der Waals surface area contributed by atoms with Gasteiger partial charge in [0.1, 0.15) is 12.4 Å². The van der Waals surface area contributed by atoms with E-state index in [4.69, 9.17) is 14.2 Å². The third kappa shape index (κ3) is 4.59. The Balaban J connectivity index is 1.30. The molecule has 0 bridgehead atoms. The smallest absolute Gasteiger partial charge is 0.267 e. The minimum Gasteiger partial charge on any atom is -0.495 e. The van der Waals surface area contributed by atoms with Crippen molar-refractivity contribution >= 4 is 17.5 Å². The van der Waals surface area contributed by atoms with Gasteiger partial charge in [-0.2, -0.15) is 0 Å². The van der Waals surface area contributed by atoms with E-state index in [-0.39, 0.29) is 24.5 Å². The van der Waals surface area contributed by atoms with E-state index in [1.54, 1.807) is 24.1 Å². The number of carbonyl (C=O) groups is 2. The maximum absolute atomic E-state index is 12.9. The highest BCUT2D eigenvalue weighted by Crippen LogP contribution is 2.31. The predicted molar refractivity (Wildman–Crippen MR) is 116 cm³/mol. The van der Waals surface area contributed by atoms with Crippen LogP contribution in [0.4, 0.5) is 5.69 Å². The Hall–Kier alpha value is -3.26. The summed E-state index contributed by atoms with van der Waals surface area (Å²) >= 11 is 0. The first-order valence-electron chi connectivity index (χ1n) is 10.4. The Bertz CT molecular complexity index is 942. The molecular formula is C23H27N3O5. The van der Waals surface area contributed by atoms with Gasteiger partial charge in [-0.3, -0.25) is 14.5 Å². The zero-order chi connectivity index (χ0) is 21.8. The van der Waals surface area contributed by atoms with Crippen LogP contribution in [0, 0.1) is 0 Å². The SMILES string of the molecule is COc1ccccc1NC(=O)[C@H](C)N1CCN(C(=O)[C@H]2COc3ccccc3O2)CC1. The number of hydrogen-bond donors (Lipinski definition) is 1. The highest BCUT2D eigenvalue weighted by molar-refractivity contribution is 5.95. The molecule has 1 saturated heterocycles. The quantitative estimate of drug-likeness (QED) is 0.790. The van der Waals surface area contributed by atoms with E-state index in [9.17, 15) is 9.59 Å². The average Bonchev–Trinajstić information content (AvgIpc) is 2.83. The highest BCUT2D eigenvalue weighted by Gasteiger charge is 2.34. The van der Waals surface area contributed by atoms with E-state index < -0.39 is 6.10 Å². The molecule has 8 heteroatoms. The fourth-order valence-electron chi connectivity index (χ4n) is 3.83. The maximum Gasteiger partial charge on any atom is 0.267 e. The number of nitrogens with one attached hydrogen (secondary N) is 1. The van der Waals surface area contributed by atoms with Gasteiger partial charge in [-0.15, -0.1) is 0 Å². The summed E-state index contributed by atoms with van der Waals surface area (Å²) in [4.78, 5) is 29.5. The van der Waals surface area contributed by atoms with Crippen molar-refractivity contribution in [2.24, 2.45) is 0 Å². The molecule has 2 atom stereocenters. The number of carbonyl (C=O) groups excluding carboxylic acids is 2. The molecule has 1 N–H and O–H groups in total. The summed E-state index contributed by atoms with van der Waals surface area (Å²) in [7, 11) is 1.57. The summed E-state index contributed by atoms with van der Waals surface area (Å²) in [5.41, 5.74) is 0.644. The lowest BCUT2D eigenvalue weighted by Gasteiger charge is -2.39. The number of rotatable bonds is 5. The van der Waals surface area contributed by atoms with Crippen LogP contribution in [0.25, 0.3) is 0 Å². The molecule has 0 aromatic heterocycles. The monoisotopic (exact) mass is 425 g/mol. The molecule has 4 rings (SSSR count). The van der Waals surface area contributed by atoms with Gasteiger partial charge in [0.05, 0.1) is 18.8 Å². The van der Waals surface area contributed by atoms with Crippen LogP contribution >= 0.6 is 0 Å². The molecule has 8 nitrogen and oxygen atoms in total. The molecule has 31 heavy (non-hydrogen) atoms. The molecule has 0 saturated carbocycles. The lowest BCUT2D eigenvalue weighted by atomic mass is 10.2. The number of benzene rings is 2. The predicted octanol–water partition coefficient (Wildman–Crippen LogP) is 2.01. The summed E-state index contributed by atoms with van der Waals surface area (Å²) in [5.74, 6) is 1.68. The van der Waals surface area contributed by atoms with E-state index in [2.05, 4.69) is 10.2 Å². The van der Waals surface area contributed by atoms with Crippen molar-refractivity contribution in [3.05, 3.63) is 48.5 Å². The van der Waals surface area contributed by atoms with Crippen LogP contribution in [-0.4, -0.2) is 73.7 Å². The first kappa shape index (κ1) is 21.0. The first-order valence-corrected chi connectivity index (χ1v) is 10.4. The number of ether oxygens (including phenoxy) is 3.